The lowest BCUT2D eigenvalue weighted by molar-refractivity contribution is -0.231. The molecule has 1 aliphatic carbocycles. The molecule has 2 fully saturated rings. The maximum Gasteiger partial charge on any atom is 0.113 e. The molecule has 31 heavy (non-hydrogen) atoms. The number of ether oxygens (including phenoxy) is 1. The molecule has 5 N–H and O–H groups in total. The molecule has 0 unspecified atom stereocenters. The molecule has 2 aliphatic heterocycles. The van der Waals surface area contributed by atoms with Gasteiger partial charge in [0.2, 0.25) is 0 Å². The first kappa shape index (κ1) is 20.9. The average molecular weight is 426 g/mol. The lowest BCUT2D eigenvalue weighted by Crippen LogP contribution is -2.55. The van der Waals surface area contributed by atoms with Crippen LogP contribution in [0.3, 0.4) is 0 Å². The van der Waals surface area contributed by atoms with Crippen molar-refractivity contribution in [3.05, 3.63) is 64.2 Å². The fourth-order valence-corrected chi connectivity index (χ4v) is 4.98. The van der Waals surface area contributed by atoms with E-state index in [2.05, 4.69) is 35.6 Å². The third-order valence-electron chi connectivity index (χ3n) is 6.91. The van der Waals surface area contributed by atoms with Crippen LogP contribution < -0.4 is 5.32 Å². The normalized spacial score (nSPS) is 30.5. The molecule has 1 saturated carbocycles. The van der Waals surface area contributed by atoms with E-state index in [-0.39, 0.29) is 0 Å². The molecule has 0 aromatic heterocycles. The molecular formula is C25H31NO5. The van der Waals surface area contributed by atoms with Crippen molar-refractivity contribution in [1.82, 2.24) is 0 Å². The smallest absolute Gasteiger partial charge is 0.113 e. The maximum atomic E-state index is 10.6. The maximum absolute atomic E-state index is 10.6. The third kappa shape index (κ3) is 4.11. The van der Waals surface area contributed by atoms with Crippen LogP contribution in [0.25, 0.3) is 0 Å². The Bertz CT molecular complexity index is 942. The number of aliphatic hydroxyl groups is 4. The lowest BCUT2D eigenvalue weighted by atomic mass is 9.87. The van der Waals surface area contributed by atoms with Gasteiger partial charge in [-0.2, -0.15) is 0 Å². The molecule has 2 heterocycles. The van der Waals surface area contributed by atoms with Gasteiger partial charge in [-0.05, 0) is 71.9 Å². The minimum Gasteiger partial charge on any atom is -0.394 e. The van der Waals surface area contributed by atoms with E-state index in [9.17, 15) is 20.4 Å². The van der Waals surface area contributed by atoms with E-state index in [1.54, 1.807) is 0 Å². The van der Waals surface area contributed by atoms with Crippen LogP contribution in [0, 0.1) is 0 Å². The summed E-state index contributed by atoms with van der Waals surface area (Å²) in [5.74, 6) is 0.582. The Kier molecular flexibility index (Phi) is 5.75. The van der Waals surface area contributed by atoms with Gasteiger partial charge in [-0.15, -0.1) is 0 Å². The number of hydrogen-bond acceptors (Lipinski definition) is 6. The topological polar surface area (TPSA) is 102 Å². The highest BCUT2D eigenvalue weighted by Gasteiger charge is 2.44. The van der Waals surface area contributed by atoms with E-state index in [4.69, 9.17) is 4.74 Å². The molecule has 1 saturated heterocycles. The van der Waals surface area contributed by atoms with Gasteiger partial charge < -0.3 is 30.5 Å². The second kappa shape index (κ2) is 8.52. The second-order valence-electron chi connectivity index (χ2n) is 9.18. The summed E-state index contributed by atoms with van der Waals surface area (Å²) in [7, 11) is 0. The summed E-state index contributed by atoms with van der Waals surface area (Å²) in [6.07, 6.45) is -0.231. The van der Waals surface area contributed by atoms with Gasteiger partial charge in [0.1, 0.15) is 30.5 Å². The third-order valence-corrected chi connectivity index (χ3v) is 6.91. The van der Waals surface area contributed by atoms with E-state index in [0.29, 0.717) is 5.92 Å². The van der Waals surface area contributed by atoms with Crippen molar-refractivity contribution in [2.75, 3.05) is 18.5 Å². The highest BCUT2D eigenvalue weighted by molar-refractivity contribution is 5.55. The fourth-order valence-electron chi connectivity index (χ4n) is 4.98. The van der Waals surface area contributed by atoms with Crippen molar-refractivity contribution in [3.63, 3.8) is 0 Å². The highest BCUT2D eigenvalue weighted by Crippen LogP contribution is 2.43. The molecule has 0 radical (unpaired) electrons. The Morgan fingerprint density at radius 1 is 0.968 bits per heavy atom. The fraction of sp³-hybridized carbons (Fsp3) is 0.520. The number of nitrogens with one attached hydrogen (secondary N) is 1. The summed E-state index contributed by atoms with van der Waals surface area (Å²) < 4.78 is 5.79. The zero-order valence-electron chi connectivity index (χ0n) is 17.6. The largest absolute Gasteiger partial charge is 0.394 e. The lowest BCUT2D eigenvalue weighted by Gasteiger charge is -2.40. The van der Waals surface area contributed by atoms with Crippen LogP contribution in [0.4, 0.5) is 5.69 Å². The van der Waals surface area contributed by atoms with E-state index in [1.165, 1.54) is 40.8 Å². The number of hydrogen-bond donors (Lipinski definition) is 5. The van der Waals surface area contributed by atoms with E-state index in [0.717, 1.165) is 31.4 Å². The van der Waals surface area contributed by atoms with Gasteiger partial charge in [0.25, 0.3) is 0 Å². The van der Waals surface area contributed by atoms with Crippen molar-refractivity contribution in [2.24, 2.45) is 0 Å². The Morgan fingerprint density at radius 3 is 2.58 bits per heavy atom. The Hall–Kier alpha value is -1.96. The first-order valence-electron chi connectivity index (χ1n) is 11.3. The molecule has 2 aromatic carbocycles. The number of rotatable bonds is 5. The monoisotopic (exact) mass is 425 g/mol. The number of aliphatic hydroxyl groups excluding tert-OH is 4. The van der Waals surface area contributed by atoms with Crippen LogP contribution in [0.1, 0.15) is 59.1 Å². The second-order valence-corrected chi connectivity index (χ2v) is 9.18. The van der Waals surface area contributed by atoms with Gasteiger partial charge in [-0.1, -0.05) is 30.3 Å². The zero-order chi connectivity index (χ0) is 21.5. The molecular weight excluding hydrogens is 394 g/mol. The minimum absolute atomic E-state index is 0.419. The number of anilines is 1. The van der Waals surface area contributed by atoms with Gasteiger partial charge in [-0.3, -0.25) is 0 Å². The van der Waals surface area contributed by atoms with Gasteiger partial charge in [0, 0.05) is 12.2 Å². The number of fused-ring (bicyclic) bond motifs is 1. The average Bonchev–Trinajstić information content (AvgIpc) is 3.63. The quantitative estimate of drug-likeness (QED) is 0.502. The molecule has 6 nitrogen and oxygen atoms in total. The van der Waals surface area contributed by atoms with E-state index in [1.807, 2.05) is 6.07 Å². The molecule has 5 rings (SSSR count). The van der Waals surface area contributed by atoms with E-state index >= 15 is 0 Å². The van der Waals surface area contributed by atoms with Crippen molar-refractivity contribution in [1.29, 1.82) is 0 Å². The highest BCUT2D eigenvalue weighted by atomic mass is 16.5. The summed E-state index contributed by atoms with van der Waals surface area (Å²) >= 11 is 0. The van der Waals surface area contributed by atoms with Crippen LogP contribution in [0.2, 0.25) is 0 Å². The zero-order valence-corrected chi connectivity index (χ0v) is 17.6. The molecule has 6 heteroatoms. The van der Waals surface area contributed by atoms with Gasteiger partial charge in [0.05, 0.1) is 6.61 Å². The van der Waals surface area contributed by atoms with Crippen LogP contribution in [0.15, 0.2) is 36.4 Å². The SMILES string of the molecule is OC[C@H]1O[C@@H](c2ccc(C3CC3)c(Cc3ccc4c(c3)CCCN4)c2)[C@H](O)[C@@H](O)[C@@H]1O. The predicted octanol–water partition coefficient (Wildman–Crippen LogP) is 2.03. The van der Waals surface area contributed by atoms with E-state index < -0.39 is 37.1 Å². The summed E-state index contributed by atoms with van der Waals surface area (Å²) in [6.45, 7) is 0.608. The van der Waals surface area contributed by atoms with Crippen LogP contribution in [-0.4, -0.2) is 58.0 Å². The minimum atomic E-state index is -1.37. The van der Waals surface area contributed by atoms with Crippen molar-refractivity contribution in [2.45, 2.75) is 68.5 Å². The molecule has 0 amide bonds. The molecule has 3 aliphatic rings. The summed E-state index contributed by atoms with van der Waals surface area (Å²) in [5, 5.41) is 43.8. The Labute approximate surface area is 182 Å². The summed E-state index contributed by atoms with van der Waals surface area (Å²) in [5.41, 5.74) is 7.16. The summed E-state index contributed by atoms with van der Waals surface area (Å²) in [4.78, 5) is 0. The molecule has 2 aromatic rings. The number of benzene rings is 2. The van der Waals surface area contributed by atoms with Crippen LogP contribution in [-0.2, 0) is 17.6 Å². The number of aryl methyl sites for hydroxylation is 1. The van der Waals surface area contributed by atoms with Crippen molar-refractivity contribution >= 4 is 5.69 Å². The Morgan fingerprint density at radius 2 is 1.81 bits per heavy atom. The first-order valence-corrected chi connectivity index (χ1v) is 11.3. The molecule has 0 spiro atoms. The molecule has 5 atom stereocenters. The standard InChI is InChI=1S/C25H31NO5/c27-13-21-22(28)23(29)24(30)25(31-21)17-6-7-19(15-4-5-15)18(12-17)11-14-3-8-20-16(10-14)2-1-9-26-20/h3,6-8,10,12,15,21-30H,1-2,4-5,9,11,13H2/t21-,22-,23+,24-,25+/m1/s1. The van der Waals surface area contributed by atoms with Gasteiger partial charge >= 0.3 is 0 Å². The van der Waals surface area contributed by atoms with Crippen LogP contribution in [0.5, 0.6) is 0 Å². The Balaban J connectivity index is 1.45. The molecule has 166 valence electrons. The van der Waals surface area contributed by atoms with Crippen molar-refractivity contribution < 1.29 is 25.2 Å². The van der Waals surface area contributed by atoms with Crippen LogP contribution >= 0.6 is 0 Å². The molecule has 0 bridgehead atoms. The summed E-state index contributed by atoms with van der Waals surface area (Å²) in [6, 6.07) is 12.8. The van der Waals surface area contributed by atoms with Crippen molar-refractivity contribution in [3.8, 4) is 0 Å². The van der Waals surface area contributed by atoms with Gasteiger partial charge in [-0.25, -0.2) is 0 Å². The first-order chi connectivity index (χ1) is 15.0. The van der Waals surface area contributed by atoms with Gasteiger partial charge in [0.15, 0.2) is 0 Å². The predicted molar refractivity (Wildman–Crippen MR) is 117 cm³/mol.